The second-order valence-corrected chi connectivity index (χ2v) is 4.51. The molecule has 0 spiro atoms. The topological polar surface area (TPSA) is 49.3 Å². The minimum Gasteiger partial charge on any atom is -0.481 e. The molecule has 3 nitrogen and oxygen atoms in total. The first-order chi connectivity index (χ1) is 7.68. The highest BCUT2D eigenvalue weighted by Crippen LogP contribution is 2.40. The van der Waals surface area contributed by atoms with Crippen molar-refractivity contribution in [2.45, 2.75) is 25.3 Å². The van der Waals surface area contributed by atoms with Gasteiger partial charge in [-0.3, -0.25) is 4.79 Å². The minimum atomic E-state index is -0.732. The van der Waals surface area contributed by atoms with Gasteiger partial charge in [0.05, 0.1) is 5.92 Å². The van der Waals surface area contributed by atoms with Crippen LogP contribution in [0.3, 0.4) is 0 Å². The molecule has 1 unspecified atom stereocenters. The maximum atomic E-state index is 10.6. The fourth-order valence-electron chi connectivity index (χ4n) is 1.90. The maximum Gasteiger partial charge on any atom is 0.307 e. The van der Waals surface area contributed by atoms with Crippen molar-refractivity contribution < 1.29 is 9.90 Å². The van der Waals surface area contributed by atoms with E-state index in [2.05, 4.69) is 17.4 Å². The monoisotopic (exact) mass is 219 g/mol. The molecule has 2 N–H and O–H groups in total. The van der Waals surface area contributed by atoms with Crippen molar-refractivity contribution >= 4 is 5.97 Å². The third-order valence-corrected chi connectivity index (χ3v) is 3.13. The normalized spacial score (nSPS) is 25.1. The van der Waals surface area contributed by atoms with Crippen LogP contribution >= 0.6 is 0 Å². The molecule has 0 saturated heterocycles. The number of aliphatic carboxylic acids is 1. The molecule has 1 aliphatic rings. The first-order valence-electron chi connectivity index (χ1n) is 5.69. The zero-order valence-electron chi connectivity index (χ0n) is 9.39. The van der Waals surface area contributed by atoms with Gasteiger partial charge in [0.2, 0.25) is 0 Å². The molecular weight excluding hydrogens is 202 g/mol. The van der Waals surface area contributed by atoms with Gasteiger partial charge in [0.25, 0.3) is 0 Å². The smallest absolute Gasteiger partial charge is 0.307 e. The molecule has 3 heteroatoms. The second-order valence-electron chi connectivity index (χ2n) is 4.51. The Labute approximate surface area is 95.5 Å². The van der Waals surface area contributed by atoms with E-state index in [1.54, 1.807) is 6.92 Å². The van der Waals surface area contributed by atoms with Crippen LogP contribution in [-0.2, 0) is 4.79 Å². The Balaban J connectivity index is 1.78. The molecule has 2 rings (SSSR count). The summed E-state index contributed by atoms with van der Waals surface area (Å²) in [6.45, 7) is 2.29. The summed E-state index contributed by atoms with van der Waals surface area (Å²) in [6.07, 6.45) is 1.12. The Morgan fingerprint density at radius 1 is 1.50 bits per heavy atom. The number of rotatable bonds is 5. The van der Waals surface area contributed by atoms with Crippen LogP contribution in [0, 0.1) is 5.92 Å². The molecule has 0 aliphatic heterocycles. The van der Waals surface area contributed by atoms with E-state index in [9.17, 15) is 4.79 Å². The van der Waals surface area contributed by atoms with Crippen molar-refractivity contribution in [2.75, 3.05) is 6.54 Å². The lowest BCUT2D eigenvalue weighted by molar-refractivity contribution is -0.140. The Morgan fingerprint density at radius 3 is 2.81 bits per heavy atom. The van der Waals surface area contributed by atoms with Crippen molar-refractivity contribution in [3.8, 4) is 0 Å². The summed E-state index contributed by atoms with van der Waals surface area (Å²) >= 11 is 0. The lowest BCUT2D eigenvalue weighted by Crippen LogP contribution is -2.28. The number of benzene rings is 1. The summed E-state index contributed by atoms with van der Waals surface area (Å²) < 4.78 is 0. The van der Waals surface area contributed by atoms with E-state index in [-0.39, 0.29) is 5.92 Å². The molecule has 1 aromatic carbocycles. The third kappa shape index (κ3) is 2.61. The summed E-state index contributed by atoms with van der Waals surface area (Å²) in [6, 6.07) is 10.8. The molecule has 0 amide bonds. The molecule has 1 saturated carbocycles. The summed E-state index contributed by atoms with van der Waals surface area (Å²) in [5.74, 6) is -0.469. The number of nitrogens with one attached hydrogen (secondary N) is 1. The van der Waals surface area contributed by atoms with Crippen LogP contribution in [-0.4, -0.2) is 23.7 Å². The first kappa shape index (κ1) is 11.1. The van der Waals surface area contributed by atoms with E-state index in [0.29, 0.717) is 18.5 Å². The Morgan fingerprint density at radius 2 is 2.19 bits per heavy atom. The van der Waals surface area contributed by atoms with E-state index in [1.165, 1.54) is 5.56 Å². The van der Waals surface area contributed by atoms with E-state index in [0.717, 1.165) is 6.42 Å². The first-order valence-corrected chi connectivity index (χ1v) is 5.69. The van der Waals surface area contributed by atoms with Crippen LogP contribution < -0.4 is 5.32 Å². The van der Waals surface area contributed by atoms with E-state index in [1.807, 2.05) is 18.2 Å². The fraction of sp³-hybridized carbons (Fsp3) is 0.462. The maximum absolute atomic E-state index is 10.6. The van der Waals surface area contributed by atoms with Crippen LogP contribution in [0.15, 0.2) is 30.3 Å². The second kappa shape index (κ2) is 4.66. The quantitative estimate of drug-likeness (QED) is 0.794. The standard InChI is InChI=1S/C13H17NO2/c1-9(13(15)16)8-14-12-7-11(12)10-5-3-2-4-6-10/h2-6,9,11-12,14H,7-8H2,1H3,(H,15,16)/t9?,11-,12+/m0/s1. The van der Waals surface area contributed by atoms with Gasteiger partial charge in [-0.1, -0.05) is 37.3 Å². The highest BCUT2D eigenvalue weighted by molar-refractivity contribution is 5.69. The summed E-state index contributed by atoms with van der Waals surface area (Å²) in [5.41, 5.74) is 1.35. The fourth-order valence-corrected chi connectivity index (χ4v) is 1.90. The van der Waals surface area contributed by atoms with Crippen LogP contribution in [0.2, 0.25) is 0 Å². The van der Waals surface area contributed by atoms with E-state index in [4.69, 9.17) is 5.11 Å². The van der Waals surface area contributed by atoms with Gasteiger partial charge in [0.1, 0.15) is 0 Å². The molecule has 1 aliphatic carbocycles. The summed E-state index contributed by atoms with van der Waals surface area (Å²) in [7, 11) is 0. The van der Waals surface area contributed by atoms with Crippen LogP contribution in [0.4, 0.5) is 0 Å². The summed E-state index contributed by atoms with van der Waals surface area (Å²) in [5, 5.41) is 12.1. The zero-order valence-corrected chi connectivity index (χ0v) is 9.39. The van der Waals surface area contributed by atoms with Crippen LogP contribution in [0.5, 0.6) is 0 Å². The zero-order chi connectivity index (χ0) is 11.5. The number of carboxylic acid groups (broad SMARTS) is 1. The highest BCUT2D eigenvalue weighted by Gasteiger charge is 2.37. The van der Waals surface area contributed by atoms with Gasteiger partial charge in [-0.05, 0) is 12.0 Å². The third-order valence-electron chi connectivity index (χ3n) is 3.13. The SMILES string of the molecule is CC(CN[C@@H]1C[C@H]1c1ccccc1)C(=O)O. The number of carboxylic acids is 1. The van der Waals surface area contributed by atoms with Gasteiger partial charge in [0.15, 0.2) is 0 Å². The van der Waals surface area contributed by atoms with Crippen LogP contribution in [0.1, 0.15) is 24.8 Å². The van der Waals surface area contributed by atoms with Crippen LogP contribution in [0.25, 0.3) is 0 Å². The largest absolute Gasteiger partial charge is 0.481 e. The van der Waals surface area contributed by atoms with Crippen molar-refractivity contribution in [1.29, 1.82) is 0 Å². The predicted octanol–water partition coefficient (Wildman–Crippen LogP) is 1.85. The molecule has 0 bridgehead atoms. The van der Waals surface area contributed by atoms with Crippen molar-refractivity contribution in [1.82, 2.24) is 5.32 Å². The van der Waals surface area contributed by atoms with E-state index < -0.39 is 5.97 Å². The van der Waals surface area contributed by atoms with Crippen molar-refractivity contribution in [3.63, 3.8) is 0 Å². The highest BCUT2D eigenvalue weighted by atomic mass is 16.4. The molecule has 16 heavy (non-hydrogen) atoms. The molecule has 1 aromatic rings. The molecule has 0 heterocycles. The van der Waals surface area contributed by atoms with Gasteiger partial charge < -0.3 is 10.4 Å². The molecular formula is C13H17NO2. The van der Waals surface area contributed by atoms with Gasteiger partial charge in [-0.2, -0.15) is 0 Å². The van der Waals surface area contributed by atoms with Gasteiger partial charge in [0, 0.05) is 18.5 Å². The van der Waals surface area contributed by atoms with Gasteiger partial charge in [-0.25, -0.2) is 0 Å². The summed E-state index contributed by atoms with van der Waals surface area (Å²) in [4.78, 5) is 10.6. The molecule has 3 atom stereocenters. The Kier molecular flexibility index (Phi) is 3.25. The molecule has 0 radical (unpaired) electrons. The predicted molar refractivity (Wildman–Crippen MR) is 62.4 cm³/mol. The Bertz CT molecular complexity index is 363. The molecule has 0 aromatic heterocycles. The van der Waals surface area contributed by atoms with Crippen molar-refractivity contribution in [3.05, 3.63) is 35.9 Å². The number of hydrogen-bond acceptors (Lipinski definition) is 2. The average molecular weight is 219 g/mol. The van der Waals surface area contributed by atoms with E-state index >= 15 is 0 Å². The number of hydrogen-bond donors (Lipinski definition) is 2. The Hall–Kier alpha value is -1.35. The lowest BCUT2D eigenvalue weighted by Gasteiger charge is -2.07. The average Bonchev–Trinajstić information content (AvgIpc) is 3.06. The number of carbonyl (C=O) groups is 1. The molecule has 1 fully saturated rings. The van der Waals surface area contributed by atoms with Gasteiger partial charge >= 0.3 is 5.97 Å². The van der Waals surface area contributed by atoms with Crippen molar-refractivity contribution in [2.24, 2.45) is 5.92 Å². The molecule has 86 valence electrons. The minimum absolute atomic E-state index is 0.308. The lowest BCUT2D eigenvalue weighted by atomic mass is 10.1. The van der Waals surface area contributed by atoms with Gasteiger partial charge in [-0.15, -0.1) is 0 Å².